The Hall–Kier alpha value is -1.14. The second-order valence-corrected chi connectivity index (χ2v) is 7.36. The number of amides is 1. The summed E-state index contributed by atoms with van der Waals surface area (Å²) in [5, 5.41) is 12.1. The van der Waals surface area contributed by atoms with Gasteiger partial charge in [-0.1, -0.05) is 13.3 Å². The monoisotopic (exact) mass is 353 g/mol. The van der Waals surface area contributed by atoms with Crippen LogP contribution in [0.4, 0.5) is 0 Å². The molecule has 1 N–H and O–H groups in total. The van der Waals surface area contributed by atoms with Gasteiger partial charge in [0, 0.05) is 37.5 Å². The summed E-state index contributed by atoms with van der Waals surface area (Å²) in [6.45, 7) is 6.71. The van der Waals surface area contributed by atoms with Crippen molar-refractivity contribution in [2.45, 2.75) is 64.5 Å². The summed E-state index contributed by atoms with van der Waals surface area (Å²) in [5.74, 6) is 3.07. The molecule has 0 radical (unpaired) electrons. The average molecular weight is 354 g/mol. The number of aromatic nitrogens is 3. The maximum absolute atomic E-state index is 12.8. The fourth-order valence-corrected chi connectivity index (χ4v) is 4.42. The standard InChI is InChI=1S/C17H27N5O.ClH/c1-2-17(6-3-7-17)16(23)21-9-4-13(5-10-21)15-20-19-14-12-18-8-11-22(14)15;/h13,18H,2-12H2,1H3;1H. The molecule has 0 unspecified atom stereocenters. The molecule has 6 nitrogen and oxygen atoms in total. The molecule has 0 aromatic carbocycles. The Balaban J connectivity index is 0.00000169. The molecule has 1 aromatic heterocycles. The fourth-order valence-electron chi connectivity index (χ4n) is 4.42. The number of nitrogens with zero attached hydrogens (tertiary/aromatic N) is 4. The molecule has 2 fully saturated rings. The number of hydrogen-bond donors (Lipinski definition) is 1. The summed E-state index contributed by atoms with van der Waals surface area (Å²) in [7, 11) is 0. The van der Waals surface area contributed by atoms with Crippen molar-refractivity contribution >= 4 is 18.3 Å². The molecule has 1 saturated heterocycles. The Kier molecular flexibility index (Phi) is 5.16. The third kappa shape index (κ3) is 2.84. The van der Waals surface area contributed by atoms with Gasteiger partial charge < -0.3 is 14.8 Å². The molecule has 0 bridgehead atoms. The van der Waals surface area contributed by atoms with E-state index in [-0.39, 0.29) is 17.8 Å². The highest BCUT2D eigenvalue weighted by molar-refractivity contribution is 5.85. The predicted octanol–water partition coefficient (Wildman–Crippen LogP) is 2.09. The van der Waals surface area contributed by atoms with Gasteiger partial charge in [0.25, 0.3) is 0 Å². The zero-order valence-electron chi connectivity index (χ0n) is 14.5. The Labute approximate surface area is 149 Å². The normalized spacial score (nSPS) is 23.1. The van der Waals surface area contributed by atoms with Crippen LogP contribution in [0.5, 0.6) is 0 Å². The minimum atomic E-state index is -0.0213. The van der Waals surface area contributed by atoms with Crippen LogP contribution in [0.3, 0.4) is 0 Å². The molecular weight excluding hydrogens is 326 g/mol. The number of halogens is 1. The lowest BCUT2D eigenvalue weighted by molar-refractivity contribution is -0.149. The molecule has 1 amide bonds. The minimum absolute atomic E-state index is 0. The molecule has 7 heteroatoms. The SMILES string of the molecule is CCC1(C(=O)N2CCC(c3nnc4n3CCNC4)CC2)CCC1.Cl. The van der Waals surface area contributed by atoms with E-state index in [1.165, 1.54) is 6.42 Å². The van der Waals surface area contributed by atoms with Crippen LogP contribution in [0.25, 0.3) is 0 Å². The number of fused-ring (bicyclic) bond motifs is 1. The van der Waals surface area contributed by atoms with Crippen molar-refractivity contribution in [3.8, 4) is 0 Å². The smallest absolute Gasteiger partial charge is 0.228 e. The number of likely N-dealkylation sites (tertiary alicyclic amines) is 1. The van der Waals surface area contributed by atoms with Crippen LogP contribution < -0.4 is 5.32 Å². The molecule has 1 saturated carbocycles. The van der Waals surface area contributed by atoms with Crippen molar-refractivity contribution in [1.29, 1.82) is 0 Å². The first-order valence-electron chi connectivity index (χ1n) is 9.15. The Morgan fingerprint density at radius 2 is 2.00 bits per heavy atom. The third-order valence-corrected chi connectivity index (χ3v) is 6.24. The van der Waals surface area contributed by atoms with E-state index in [9.17, 15) is 4.79 Å². The van der Waals surface area contributed by atoms with Crippen LogP contribution in [-0.4, -0.2) is 45.2 Å². The maximum atomic E-state index is 12.8. The Bertz CT molecular complexity index is 584. The molecule has 3 aliphatic rings. The van der Waals surface area contributed by atoms with E-state index < -0.39 is 0 Å². The zero-order chi connectivity index (χ0) is 15.9. The summed E-state index contributed by atoms with van der Waals surface area (Å²) in [6.07, 6.45) is 6.44. The number of carbonyl (C=O) groups excluding carboxylic acids is 1. The van der Waals surface area contributed by atoms with Crippen molar-refractivity contribution < 1.29 is 4.79 Å². The molecule has 0 atom stereocenters. The van der Waals surface area contributed by atoms with Gasteiger partial charge in [-0.15, -0.1) is 22.6 Å². The summed E-state index contributed by atoms with van der Waals surface area (Å²) in [5.41, 5.74) is -0.0213. The topological polar surface area (TPSA) is 63.1 Å². The maximum Gasteiger partial charge on any atom is 0.228 e. The molecule has 0 spiro atoms. The minimum Gasteiger partial charge on any atom is -0.342 e. The number of carbonyl (C=O) groups is 1. The quantitative estimate of drug-likeness (QED) is 0.903. The van der Waals surface area contributed by atoms with Gasteiger partial charge in [-0.25, -0.2) is 0 Å². The number of piperidine rings is 1. The van der Waals surface area contributed by atoms with Gasteiger partial charge in [0.2, 0.25) is 5.91 Å². The predicted molar refractivity (Wildman–Crippen MR) is 94.1 cm³/mol. The number of nitrogens with one attached hydrogen (secondary N) is 1. The molecule has 1 aromatic rings. The first-order chi connectivity index (χ1) is 11.2. The van der Waals surface area contributed by atoms with Crippen molar-refractivity contribution in [1.82, 2.24) is 25.0 Å². The van der Waals surface area contributed by atoms with Crippen LogP contribution in [0, 0.1) is 5.41 Å². The van der Waals surface area contributed by atoms with Crippen LogP contribution in [-0.2, 0) is 17.9 Å². The highest BCUT2D eigenvalue weighted by Gasteiger charge is 2.45. The van der Waals surface area contributed by atoms with E-state index in [2.05, 4.69) is 31.9 Å². The van der Waals surface area contributed by atoms with E-state index in [0.29, 0.717) is 11.8 Å². The van der Waals surface area contributed by atoms with E-state index >= 15 is 0 Å². The largest absolute Gasteiger partial charge is 0.342 e. The van der Waals surface area contributed by atoms with E-state index in [0.717, 1.165) is 76.5 Å². The van der Waals surface area contributed by atoms with E-state index in [4.69, 9.17) is 0 Å². The third-order valence-electron chi connectivity index (χ3n) is 6.24. The lowest BCUT2D eigenvalue weighted by Gasteiger charge is -2.44. The van der Waals surface area contributed by atoms with E-state index in [1.54, 1.807) is 0 Å². The molecule has 1 aliphatic carbocycles. The molecule has 4 rings (SSSR count). The van der Waals surface area contributed by atoms with Crippen LogP contribution >= 0.6 is 12.4 Å². The van der Waals surface area contributed by atoms with Gasteiger partial charge in [-0.3, -0.25) is 4.79 Å². The lowest BCUT2D eigenvalue weighted by Crippen LogP contribution is -2.50. The van der Waals surface area contributed by atoms with E-state index in [1.807, 2.05) is 0 Å². The van der Waals surface area contributed by atoms with Gasteiger partial charge in [0.1, 0.15) is 11.6 Å². The second-order valence-electron chi connectivity index (χ2n) is 7.36. The fraction of sp³-hybridized carbons (Fsp3) is 0.824. The van der Waals surface area contributed by atoms with Crippen molar-refractivity contribution in [3.63, 3.8) is 0 Å². The molecule has 2 aliphatic heterocycles. The Morgan fingerprint density at radius 3 is 2.62 bits per heavy atom. The van der Waals surface area contributed by atoms with Crippen molar-refractivity contribution in [2.75, 3.05) is 19.6 Å². The number of rotatable bonds is 3. The Morgan fingerprint density at radius 1 is 1.25 bits per heavy atom. The van der Waals surface area contributed by atoms with Crippen LogP contribution in [0.2, 0.25) is 0 Å². The van der Waals surface area contributed by atoms with Gasteiger partial charge in [0.15, 0.2) is 0 Å². The van der Waals surface area contributed by atoms with Crippen LogP contribution in [0.1, 0.15) is 63.0 Å². The van der Waals surface area contributed by atoms with Gasteiger partial charge in [-0.2, -0.15) is 0 Å². The molecule has 3 heterocycles. The highest BCUT2D eigenvalue weighted by atomic mass is 35.5. The first-order valence-corrected chi connectivity index (χ1v) is 9.15. The average Bonchev–Trinajstić information content (AvgIpc) is 2.98. The van der Waals surface area contributed by atoms with Gasteiger partial charge >= 0.3 is 0 Å². The lowest BCUT2D eigenvalue weighted by atomic mass is 9.66. The molecular formula is C17H28ClN5O. The molecule has 24 heavy (non-hydrogen) atoms. The number of hydrogen-bond acceptors (Lipinski definition) is 4. The first kappa shape index (κ1) is 17.7. The van der Waals surface area contributed by atoms with Crippen LogP contribution in [0.15, 0.2) is 0 Å². The summed E-state index contributed by atoms with van der Waals surface area (Å²) < 4.78 is 2.29. The zero-order valence-corrected chi connectivity index (χ0v) is 15.3. The second kappa shape index (κ2) is 7.00. The highest BCUT2D eigenvalue weighted by Crippen LogP contribution is 2.46. The summed E-state index contributed by atoms with van der Waals surface area (Å²) in [4.78, 5) is 15.0. The molecule has 134 valence electrons. The van der Waals surface area contributed by atoms with Crippen molar-refractivity contribution in [2.24, 2.45) is 5.41 Å². The summed E-state index contributed by atoms with van der Waals surface area (Å²) in [6, 6.07) is 0. The van der Waals surface area contributed by atoms with Crippen molar-refractivity contribution in [3.05, 3.63) is 11.6 Å². The summed E-state index contributed by atoms with van der Waals surface area (Å²) >= 11 is 0. The van der Waals surface area contributed by atoms with Gasteiger partial charge in [0.05, 0.1) is 6.54 Å². The van der Waals surface area contributed by atoms with Gasteiger partial charge in [-0.05, 0) is 32.1 Å².